The van der Waals surface area contributed by atoms with E-state index >= 15 is 0 Å². The zero-order valence-electron chi connectivity index (χ0n) is 13.5. The van der Waals surface area contributed by atoms with Crippen molar-refractivity contribution in [2.75, 3.05) is 0 Å². The van der Waals surface area contributed by atoms with Crippen LogP contribution in [0.1, 0.15) is 52.7 Å². The average molecular weight is 264 g/mol. The third-order valence-electron chi connectivity index (χ3n) is 3.29. The first-order chi connectivity index (χ1) is 9.15. The lowest BCUT2D eigenvalue weighted by atomic mass is 9.86. The molecule has 0 aliphatic rings. The van der Waals surface area contributed by atoms with Gasteiger partial charge in [-0.05, 0) is 54.7 Å². The summed E-state index contributed by atoms with van der Waals surface area (Å²) in [6.07, 6.45) is 0. The Morgan fingerprint density at radius 1 is 0.750 bits per heavy atom. The van der Waals surface area contributed by atoms with Crippen molar-refractivity contribution in [3.8, 4) is 11.8 Å². The second-order valence-electron chi connectivity index (χ2n) is 7.53. The maximum atomic E-state index is 3.29. The second kappa shape index (κ2) is 4.98. The highest BCUT2D eigenvalue weighted by atomic mass is 14.2. The summed E-state index contributed by atoms with van der Waals surface area (Å²) in [4.78, 5) is 0. The van der Waals surface area contributed by atoms with Crippen LogP contribution in [0.5, 0.6) is 0 Å². The van der Waals surface area contributed by atoms with Crippen LogP contribution in [0.3, 0.4) is 0 Å². The molecule has 0 N–H and O–H groups in total. The SMILES string of the molecule is CC(C)(C)C#Cc1ccc2cc(C(C)(C)C)ccc2c1. The Bertz CT molecular complexity index is 680. The van der Waals surface area contributed by atoms with Gasteiger partial charge in [-0.2, -0.15) is 0 Å². The van der Waals surface area contributed by atoms with E-state index in [1.807, 2.05) is 0 Å². The molecule has 0 aromatic heterocycles. The van der Waals surface area contributed by atoms with Crippen molar-refractivity contribution in [1.29, 1.82) is 0 Å². The molecule has 0 aliphatic heterocycles. The van der Waals surface area contributed by atoms with Gasteiger partial charge in [-0.15, -0.1) is 0 Å². The number of fused-ring (bicyclic) bond motifs is 1. The molecule has 0 heteroatoms. The van der Waals surface area contributed by atoms with Gasteiger partial charge >= 0.3 is 0 Å². The third-order valence-corrected chi connectivity index (χ3v) is 3.29. The molecule has 0 saturated heterocycles. The zero-order chi connectivity index (χ0) is 15.0. The summed E-state index contributed by atoms with van der Waals surface area (Å²) in [5, 5.41) is 2.55. The maximum Gasteiger partial charge on any atom is 0.0251 e. The lowest BCUT2D eigenvalue weighted by Crippen LogP contribution is -2.10. The van der Waals surface area contributed by atoms with E-state index in [1.165, 1.54) is 16.3 Å². The summed E-state index contributed by atoms with van der Waals surface area (Å²) < 4.78 is 0. The van der Waals surface area contributed by atoms with Crippen LogP contribution in [0.25, 0.3) is 10.8 Å². The van der Waals surface area contributed by atoms with Crippen LogP contribution in [0.4, 0.5) is 0 Å². The van der Waals surface area contributed by atoms with Crippen molar-refractivity contribution in [3.05, 3.63) is 47.5 Å². The highest BCUT2D eigenvalue weighted by Crippen LogP contribution is 2.26. The van der Waals surface area contributed by atoms with Crippen molar-refractivity contribution in [2.24, 2.45) is 5.41 Å². The van der Waals surface area contributed by atoms with Gasteiger partial charge in [0, 0.05) is 11.0 Å². The molecule has 2 aromatic carbocycles. The number of rotatable bonds is 0. The number of hydrogen-bond acceptors (Lipinski definition) is 0. The summed E-state index contributed by atoms with van der Waals surface area (Å²) in [5.41, 5.74) is 2.71. The van der Waals surface area contributed by atoms with E-state index in [2.05, 4.69) is 89.8 Å². The highest BCUT2D eigenvalue weighted by Gasteiger charge is 2.13. The van der Waals surface area contributed by atoms with Crippen LogP contribution < -0.4 is 0 Å². The topological polar surface area (TPSA) is 0 Å². The molecule has 0 amide bonds. The minimum absolute atomic E-state index is 0.0467. The second-order valence-corrected chi connectivity index (χ2v) is 7.53. The Labute approximate surface area is 123 Å². The average Bonchev–Trinajstić information content (AvgIpc) is 2.33. The molecular weight excluding hydrogens is 240 g/mol. The molecule has 0 fully saturated rings. The van der Waals surface area contributed by atoms with Crippen LogP contribution >= 0.6 is 0 Å². The van der Waals surface area contributed by atoms with E-state index in [-0.39, 0.29) is 10.8 Å². The summed E-state index contributed by atoms with van der Waals surface area (Å²) in [7, 11) is 0. The lowest BCUT2D eigenvalue weighted by Gasteiger charge is -2.19. The van der Waals surface area contributed by atoms with E-state index in [4.69, 9.17) is 0 Å². The molecule has 0 radical (unpaired) electrons. The van der Waals surface area contributed by atoms with Gasteiger partial charge in [-0.25, -0.2) is 0 Å². The van der Waals surface area contributed by atoms with Crippen LogP contribution in [0, 0.1) is 17.3 Å². The number of benzene rings is 2. The zero-order valence-corrected chi connectivity index (χ0v) is 13.5. The summed E-state index contributed by atoms with van der Waals surface area (Å²) in [5.74, 6) is 6.56. The fraction of sp³-hybridized carbons (Fsp3) is 0.400. The summed E-state index contributed by atoms with van der Waals surface area (Å²) >= 11 is 0. The maximum absolute atomic E-state index is 3.29. The summed E-state index contributed by atoms with van der Waals surface area (Å²) in [6.45, 7) is 13.1. The first kappa shape index (κ1) is 14.7. The normalized spacial score (nSPS) is 12.1. The van der Waals surface area contributed by atoms with E-state index in [0.29, 0.717) is 0 Å². The molecule has 0 nitrogen and oxygen atoms in total. The predicted octanol–water partition coefficient (Wildman–Crippen LogP) is 5.53. The first-order valence-corrected chi connectivity index (χ1v) is 7.23. The van der Waals surface area contributed by atoms with Crippen LogP contribution in [-0.2, 0) is 5.41 Å². The Balaban J connectivity index is 2.44. The van der Waals surface area contributed by atoms with Gasteiger partial charge in [0.1, 0.15) is 0 Å². The quantitative estimate of drug-likeness (QED) is 0.548. The molecule has 0 aliphatic carbocycles. The molecule has 104 valence electrons. The van der Waals surface area contributed by atoms with Crippen molar-refractivity contribution < 1.29 is 0 Å². The van der Waals surface area contributed by atoms with Gasteiger partial charge in [0.15, 0.2) is 0 Å². The molecule has 0 unspecified atom stereocenters. The molecule has 2 rings (SSSR count). The Hall–Kier alpha value is -1.74. The van der Waals surface area contributed by atoms with Gasteiger partial charge in [-0.1, -0.05) is 56.9 Å². The van der Waals surface area contributed by atoms with E-state index in [0.717, 1.165) is 5.56 Å². The van der Waals surface area contributed by atoms with Crippen molar-refractivity contribution in [2.45, 2.75) is 47.0 Å². The molecule has 2 aromatic rings. The van der Waals surface area contributed by atoms with E-state index in [1.54, 1.807) is 0 Å². The molecule has 20 heavy (non-hydrogen) atoms. The van der Waals surface area contributed by atoms with Gasteiger partial charge in [-0.3, -0.25) is 0 Å². The smallest absolute Gasteiger partial charge is 0.0251 e. The first-order valence-electron chi connectivity index (χ1n) is 7.23. The van der Waals surface area contributed by atoms with Gasteiger partial charge < -0.3 is 0 Å². The van der Waals surface area contributed by atoms with Crippen molar-refractivity contribution in [3.63, 3.8) is 0 Å². The van der Waals surface area contributed by atoms with Gasteiger partial charge in [0.2, 0.25) is 0 Å². The molecule has 0 saturated carbocycles. The number of hydrogen-bond donors (Lipinski definition) is 0. The molecule has 0 bridgehead atoms. The Kier molecular flexibility index (Phi) is 3.65. The van der Waals surface area contributed by atoms with E-state index in [9.17, 15) is 0 Å². The van der Waals surface area contributed by atoms with Gasteiger partial charge in [0.25, 0.3) is 0 Å². The minimum Gasteiger partial charge on any atom is -0.0920 e. The standard InChI is InChI=1S/C20H24/c1-19(2,3)12-11-15-7-8-17-14-18(20(4,5)6)10-9-16(17)13-15/h7-10,13-14H,1-6H3. The fourth-order valence-electron chi connectivity index (χ4n) is 2.05. The van der Waals surface area contributed by atoms with Crippen LogP contribution in [0.2, 0.25) is 0 Å². The van der Waals surface area contributed by atoms with Crippen LogP contribution in [-0.4, -0.2) is 0 Å². The molecule has 0 spiro atoms. The highest BCUT2D eigenvalue weighted by molar-refractivity contribution is 5.84. The molecule has 0 heterocycles. The van der Waals surface area contributed by atoms with Gasteiger partial charge in [0.05, 0.1) is 0 Å². The molecular formula is C20H24. The monoisotopic (exact) mass is 264 g/mol. The van der Waals surface area contributed by atoms with Crippen LogP contribution in [0.15, 0.2) is 36.4 Å². The fourth-order valence-corrected chi connectivity index (χ4v) is 2.05. The largest absolute Gasteiger partial charge is 0.0920 e. The van der Waals surface area contributed by atoms with E-state index < -0.39 is 0 Å². The lowest BCUT2D eigenvalue weighted by molar-refractivity contribution is 0.571. The third kappa shape index (κ3) is 3.64. The summed E-state index contributed by atoms with van der Waals surface area (Å²) in [6, 6.07) is 13.2. The minimum atomic E-state index is 0.0467. The Morgan fingerprint density at radius 3 is 1.95 bits per heavy atom. The van der Waals surface area contributed by atoms with Crippen molar-refractivity contribution >= 4 is 10.8 Å². The van der Waals surface area contributed by atoms with Crippen molar-refractivity contribution in [1.82, 2.24) is 0 Å². The predicted molar refractivity (Wildman–Crippen MR) is 89.0 cm³/mol. The Morgan fingerprint density at radius 2 is 1.35 bits per heavy atom. The molecule has 0 atom stereocenters.